The zero-order valence-corrected chi connectivity index (χ0v) is 43.9. The fourth-order valence-corrected chi connectivity index (χ4v) is 7.70. The van der Waals surface area contributed by atoms with Crippen molar-refractivity contribution in [1.82, 2.24) is 0 Å². The monoisotopic (exact) mass is 933 g/mol. The average Bonchev–Trinajstić information content (AvgIpc) is 3.33. The lowest BCUT2D eigenvalue weighted by molar-refractivity contribution is -0.167. The van der Waals surface area contributed by atoms with Crippen LogP contribution in [-0.2, 0) is 28.6 Å². The van der Waals surface area contributed by atoms with Crippen molar-refractivity contribution in [2.24, 2.45) is 0 Å². The maximum atomic E-state index is 12.8. The first-order valence-corrected chi connectivity index (χ1v) is 28.1. The summed E-state index contributed by atoms with van der Waals surface area (Å²) in [7, 11) is 0. The highest BCUT2D eigenvalue weighted by molar-refractivity contribution is 5.71. The van der Waals surface area contributed by atoms with Gasteiger partial charge in [0, 0.05) is 19.3 Å². The van der Waals surface area contributed by atoms with Crippen LogP contribution in [0.15, 0.2) is 85.1 Å². The van der Waals surface area contributed by atoms with Gasteiger partial charge in [-0.1, -0.05) is 221 Å². The summed E-state index contributed by atoms with van der Waals surface area (Å²) < 4.78 is 16.8. The van der Waals surface area contributed by atoms with Gasteiger partial charge in [-0.05, 0) is 109 Å². The van der Waals surface area contributed by atoms with Gasteiger partial charge >= 0.3 is 17.9 Å². The number of unbranched alkanes of at least 4 members (excludes halogenated alkanes) is 25. The third kappa shape index (κ3) is 53.4. The molecule has 0 spiro atoms. The van der Waals surface area contributed by atoms with E-state index in [9.17, 15) is 14.4 Å². The van der Waals surface area contributed by atoms with E-state index in [1.807, 2.05) is 0 Å². The van der Waals surface area contributed by atoms with Gasteiger partial charge in [-0.25, -0.2) is 0 Å². The Hall–Kier alpha value is -3.41. The molecule has 0 unspecified atom stereocenters. The second-order valence-electron chi connectivity index (χ2n) is 18.4. The van der Waals surface area contributed by atoms with Crippen LogP contribution in [0.1, 0.15) is 265 Å². The van der Waals surface area contributed by atoms with Crippen LogP contribution in [0.25, 0.3) is 0 Å². The van der Waals surface area contributed by atoms with Crippen molar-refractivity contribution in [2.45, 2.75) is 271 Å². The minimum atomic E-state index is -0.794. The van der Waals surface area contributed by atoms with Gasteiger partial charge in [0.2, 0.25) is 0 Å². The van der Waals surface area contributed by atoms with Crippen LogP contribution < -0.4 is 0 Å². The maximum Gasteiger partial charge on any atom is 0.306 e. The summed E-state index contributed by atoms with van der Waals surface area (Å²) in [5, 5.41) is 0. The number of carbonyl (C=O) groups is 3. The van der Waals surface area contributed by atoms with Gasteiger partial charge in [0.05, 0.1) is 0 Å². The van der Waals surface area contributed by atoms with E-state index >= 15 is 0 Å². The van der Waals surface area contributed by atoms with E-state index in [0.717, 1.165) is 135 Å². The Kier molecular flexibility index (Phi) is 52.4. The standard InChI is InChI=1S/C61H104O6/c1-4-7-10-13-16-19-22-25-28-29-30-31-34-36-39-42-45-48-51-54-60(63)66-57-58(67-61(64)55-52-49-46-43-40-37-33-27-24-21-18-15-12-9-6-3)56-65-59(62)53-50-47-44-41-38-35-32-26-23-20-17-14-11-8-5-2/h8-9,11-12,17-18,20-21,25-28,32-33,58H,4-7,10,13-16,19,22-24,29-31,34-57H2,1-3H3/b11-8-,12-9-,20-17-,21-18-,28-25-,32-26-,33-27-/t58-/m1/s1. The smallest absolute Gasteiger partial charge is 0.306 e. The van der Waals surface area contributed by atoms with E-state index in [-0.39, 0.29) is 31.1 Å². The molecule has 0 bridgehead atoms. The number of carbonyl (C=O) groups excluding carboxylic acids is 3. The van der Waals surface area contributed by atoms with Crippen LogP contribution in [0.2, 0.25) is 0 Å². The van der Waals surface area contributed by atoms with Crippen molar-refractivity contribution in [3.05, 3.63) is 85.1 Å². The molecule has 0 aromatic heterocycles. The van der Waals surface area contributed by atoms with Crippen molar-refractivity contribution in [3.8, 4) is 0 Å². The predicted octanol–water partition coefficient (Wildman–Crippen LogP) is 18.8. The Balaban J connectivity index is 4.41. The highest BCUT2D eigenvalue weighted by atomic mass is 16.6. The van der Waals surface area contributed by atoms with Crippen molar-refractivity contribution in [3.63, 3.8) is 0 Å². The topological polar surface area (TPSA) is 78.9 Å². The molecule has 384 valence electrons. The Bertz CT molecular complexity index is 1300. The first-order valence-electron chi connectivity index (χ1n) is 28.1. The van der Waals surface area contributed by atoms with Crippen molar-refractivity contribution in [1.29, 1.82) is 0 Å². The van der Waals surface area contributed by atoms with Crippen LogP contribution in [0, 0.1) is 0 Å². The molecule has 0 amide bonds. The SMILES string of the molecule is CC/C=C\C/C=C\C/C=C\CCCCCCCC(=O)OC[C@H](COC(=O)CCCCCCCCCCC/C=C\CCCCCCCC)OC(=O)CCCCCCC/C=C\C/C=C\C/C=C\CC. The lowest BCUT2D eigenvalue weighted by Crippen LogP contribution is -2.30. The lowest BCUT2D eigenvalue weighted by atomic mass is 10.1. The Morgan fingerprint density at radius 2 is 0.582 bits per heavy atom. The Morgan fingerprint density at radius 3 is 0.925 bits per heavy atom. The van der Waals surface area contributed by atoms with Gasteiger partial charge in [-0.15, -0.1) is 0 Å². The zero-order chi connectivity index (χ0) is 48.6. The third-order valence-electron chi connectivity index (χ3n) is 11.9. The number of hydrogen-bond donors (Lipinski definition) is 0. The van der Waals surface area contributed by atoms with Gasteiger partial charge in [0.25, 0.3) is 0 Å². The lowest BCUT2D eigenvalue weighted by Gasteiger charge is -2.18. The molecule has 0 aromatic rings. The van der Waals surface area contributed by atoms with Crippen molar-refractivity contribution < 1.29 is 28.6 Å². The molecule has 0 aliphatic carbocycles. The molecule has 1 atom stereocenters. The quantitative estimate of drug-likeness (QED) is 0.0262. The van der Waals surface area contributed by atoms with Gasteiger partial charge in [0.15, 0.2) is 6.10 Å². The van der Waals surface area contributed by atoms with E-state index in [1.165, 1.54) is 89.9 Å². The molecule has 0 aliphatic heterocycles. The minimum absolute atomic E-state index is 0.0903. The molecular weight excluding hydrogens is 829 g/mol. The van der Waals surface area contributed by atoms with Crippen LogP contribution in [-0.4, -0.2) is 37.2 Å². The molecule has 6 nitrogen and oxygen atoms in total. The molecule has 0 radical (unpaired) electrons. The molecular formula is C61H104O6. The molecule has 0 rings (SSSR count). The Morgan fingerprint density at radius 1 is 0.313 bits per heavy atom. The molecule has 0 aliphatic rings. The number of rotatable bonds is 50. The minimum Gasteiger partial charge on any atom is -0.462 e. The van der Waals surface area contributed by atoms with E-state index < -0.39 is 6.10 Å². The van der Waals surface area contributed by atoms with Crippen LogP contribution in [0.4, 0.5) is 0 Å². The highest BCUT2D eigenvalue weighted by Gasteiger charge is 2.19. The van der Waals surface area contributed by atoms with Crippen LogP contribution in [0.3, 0.4) is 0 Å². The average molecular weight is 933 g/mol. The summed E-state index contributed by atoms with van der Waals surface area (Å²) in [6, 6.07) is 0. The number of allylic oxidation sites excluding steroid dienone is 14. The summed E-state index contributed by atoms with van der Waals surface area (Å²) in [4.78, 5) is 38.1. The molecule has 0 N–H and O–H groups in total. The van der Waals surface area contributed by atoms with E-state index in [1.54, 1.807) is 0 Å². The second-order valence-corrected chi connectivity index (χ2v) is 18.4. The van der Waals surface area contributed by atoms with E-state index in [2.05, 4.69) is 106 Å². The fraction of sp³-hybridized carbons (Fsp3) is 0.721. The van der Waals surface area contributed by atoms with Gasteiger partial charge in [0.1, 0.15) is 13.2 Å². The van der Waals surface area contributed by atoms with E-state index in [4.69, 9.17) is 14.2 Å². The van der Waals surface area contributed by atoms with Crippen LogP contribution >= 0.6 is 0 Å². The molecule has 0 fully saturated rings. The first kappa shape index (κ1) is 63.6. The predicted molar refractivity (Wildman–Crippen MR) is 288 cm³/mol. The maximum absolute atomic E-state index is 12.8. The largest absolute Gasteiger partial charge is 0.462 e. The highest BCUT2D eigenvalue weighted by Crippen LogP contribution is 2.15. The van der Waals surface area contributed by atoms with Crippen molar-refractivity contribution >= 4 is 17.9 Å². The summed E-state index contributed by atoms with van der Waals surface area (Å²) in [5.41, 5.74) is 0. The summed E-state index contributed by atoms with van der Waals surface area (Å²) in [6.07, 6.45) is 71.4. The van der Waals surface area contributed by atoms with Crippen LogP contribution in [0.5, 0.6) is 0 Å². The summed E-state index contributed by atoms with van der Waals surface area (Å²) in [6.45, 7) is 6.39. The summed E-state index contributed by atoms with van der Waals surface area (Å²) in [5.74, 6) is -0.923. The van der Waals surface area contributed by atoms with Crippen molar-refractivity contribution in [2.75, 3.05) is 13.2 Å². The normalized spacial score (nSPS) is 12.7. The molecule has 0 saturated carbocycles. The third-order valence-corrected chi connectivity index (χ3v) is 11.9. The molecule has 0 heterocycles. The van der Waals surface area contributed by atoms with E-state index in [0.29, 0.717) is 19.3 Å². The molecule has 6 heteroatoms. The number of hydrogen-bond acceptors (Lipinski definition) is 6. The molecule has 0 aromatic carbocycles. The number of esters is 3. The summed E-state index contributed by atoms with van der Waals surface area (Å²) >= 11 is 0. The Labute approximate surface area is 414 Å². The number of ether oxygens (including phenoxy) is 3. The molecule has 0 saturated heterocycles. The van der Waals surface area contributed by atoms with Gasteiger partial charge < -0.3 is 14.2 Å². The second kappa shape index (κ2) is 55.2. The molecule has 67 heavy (non-hydrogen) atoms. The fourth-order valence-electron chi connectivity index (χ4n) is 7.70. The first-order chi connectivity index (χ1) is 33.0. The van der Waals surface area contributed by atoms with Gasteiger partial charge in [-0.2, -0.15) is 0 Å². The van der Waals surface area contributed by atoms with Gasteiger partial charge in [-0.3, -0.25) is 14.4 Å². The zero-order valence-electron chi connectivity index (χ0n) is 43.9.